The van der Waals surface area contributed by atoms with Gasteiger partial charge in [-0.05, 0) is 42.0 Å². The molecular formula is C16H14Cl2F2N2S2. The highest BCUT2D eigenvalue weighted by molar-refractivity contribution is 7.98. The van der Waals surface area contributed by atoms with Gasteiger partial charge >= 0.3 is 0 Å². The van der Waals surface area contributed by atoms with E-state index in [0.29, 0.717) is 16.6 Å². The Morgan fingerprint density at radius 1 is 1.12 bits per heavy atom. The molecule has 0 bridgehead atoms. The molecule has 0 fully saturated rings. The predicted octanol–water partition coefficient (Wildman–Crippen LogP) is 5.49. The topological polar surface area (TPSA) is 24.1 Å². The van der Waals surface area contributed by atoms with Gasteiger partial charge in [-0.2, -0.15) is 11.8 Å². The summed E-state index contributed by atoms with van der Waals surface area (Å²) in [6.07, 6.45) is 0. The van der Waals surface area contributed by atoms with Gasteiger partial charge in [-0.15, -0.1) is 0 Å². The lowest BCUT2D eigenvalue weighted by atomic mass is 10.2. The average molecular weight is 407 g/mol. The number of anilines is 1. The predicted molar refractivity (Wildman–Crippen MR) is 103 cm³/mol. The number of nitrogens with one attached hydrogen (secondary N) is 2. The van der Waals surface area contributed by atoms with Gasteiger partial charge in [0.1, 0.15) is 11.6 Å². The van der Waals surface area contributed by atoms with Crippen molar-refractivity contribution in [2.24, 2.45) is 0 Å². The summed E-state index contributed by atoms with van der Waals surface area (Å²) < 4.78 is 26.3. The molecule has 128 valence electrons. The first-order valence-electron chi connectivity index (χ1n) is 6.97. The molecule has 8 heteroatoms. The van der Waals surface area contributed by atoms with Crippen LogP contribution in [0.4, 0.5) is 14.5 Å². The highest BCUT2D eigenvalue weighted by atomic mass is 35.5. The Morgan fingerprint density at radius 3 is 2.62 bits per heavy atom. The van der Waals surface area contributed by atoms with Crippen LogP contribution in [0.2, 0.25) is 10.0 Å². The lowest BCUT2D eigenvalue weighted by Crippen LogP contribution is -2.30. The van der Waals surface area contributed by atoms with Gasteiger partial charge in [0.15, 0.2) is 5.11 Å². The summed E-state index contributed by atoms with van der Waals surface area (Å²) in [5.41, 5.74) is 1.15. The maximum Gasteiger partial charge on any atom is 0.170 e. The highest BCUT2D eigenvalue weighted by Crippen LogP contribution is 2.24. The fourth-order valence-corrected chi connectivity index (χ4v) is 3.44. The molecule has 0 unspecified atom stereocenters. The normalized spacial score (nSPS) is 10.5. The lowest BCUT2D eigenvalue weighted by molar-refractivity contribution is 0.586. The Labute approximate surface area is 158 Å². The second kappa shape index (κ2) is 9.42. The Morgan fingerprint density at radius 2 is 1.92 bits per heavy atom. The maximum atomic E-state index is 13.5. The number of rotatable bonds is 6. The van der Waals surface area contributed by atoms with Gasteiger partial charge in [-0.3, -0.25) is 0 Å². The second-order valence-corrected chi connectivity index (χ2v) is 7.15. The van der Waals surface area contributed by atoms with Crippen LogP contribution >= 0.6 is 47.2 Å². The monoisotopic (exact) mass is 406 g/mol. The molecule has 2 aromatic carbocycles. The Balaban J connectivity index is 1.69. The minimum absolute atomic E-state index is 0.134. The van der Waals surface area contributed by atoms with E-state index in [-0.39, 0.29) is 10.8 Å². The summed E-state index contributed by atoms with van der Waals surface area (Å²) in [6, 6.07) is 8.69. The minimum Gasteiger partial charge on any atom is -0.362 e. The smallest absolute Gasteiger partial charge is 0.170 e. The van der Waals surface area contributed by atoms with Gasteiger partial charge < -0.3 is 10.6 Å². The van der Waals surface area contributed by atoms with Crippen molar-refractivity contribution in [3.63, 3.8) is 0 Å². The van der Waals surface area contributed by atoms with Crippen LogP contribution in [0.3, 0.4) is 0 Å². The molecule has 2 nitrogen and oxygen atoms in total. The zero-order valence-electron chi connectivity index (χ0n) is 12.4. The summed E-state index contributed by atoms with van der Waals surface area (Å²) >= 11 is 18.7. The van der Waals surface area contributed by atoms with Crippen molar-refractivity contribution >= 4 is 58.0 Å². The molecule has 24 heavy (non-hydrogen) atoms. The maximum absolute atomic E-state index is 13.5. The molecule has 2 aromatic rings. The molecule has 0 aliphatic carbocycles. The minimum atomic E-state index is -0.689. The van der Waals surface area contributed by atoms with Crippen molar-refractivity contribution in [1.29, 1.82) is 0 Å². The zero-order chi connectivity index (χ0) is 17.5. The molecule has 0 radical (unpaired) electrons. The number of hydrogen-bond donors (Lipinski definition) is 2. The quantitative estimate of drug-likeness (QED) is 0.489. The number of benzene rings is 2. The van der Waals surface area contributed by atoms with E-state index < -0.39 is 11.6 Å². The van der Waals surface area contributed by atoms with Gasteiger partial charge in [-0.1, -0.05) is 29.3 Å². The average Bonchev–Trinajstić information content (AvgIpc) is 2.51. The van der Waals surface area contributed by atoms with E-state index in [1.54, 1.807) is 23.9 Å². The van der Waals surface area contributed by atoms with Crippen LogP contribution in [-0.4, -0.2) is 17.4 Å². The van der Waals surface area contributed by atoms with Gasteiger partial charge in [0.2, 0.25) is 0 Å². The third-order valence-electron chi connectivity index (χ3n) is 2.98. The second-order valence-electron chi connectivity index (χ2n) is 4.79. The Bertz CT molecular complexity index is 729. The Hall–Kier alpha value is -1.08. The number of thioether (sulfide) groups is 1. The van der Waals surface area contributed by atoms with Gasteiger partial charge in [0.05, 0.1) is 5.69 Å². The third kappa shape index (κ3) is 6.09. The molecule has 0 aromatic heterocycles. The summed E-state index contributed by atoms with van der Waals surface area (Å²) in [7, 11) is 0. The van der Waals surface area contributed by atoms with Crippen LogP contribution in [0.5, 0.6) is 0 Å². The van der Waals surface area contributed by atoms with Crippen molar-refractivity contribution in [2.45, 2.75) is 5.75 Å². The van der Waals surface area contributed by atoms with Crippen LogP contribution in [0.25, 0.3) is 0 Å². The standard InChI is InChI=1S/C16H14Cl2F2N2S2/c17-11-2-1-10(13(18)7-11)9-24-6-5-21-16(23)22-15-4-3-12(19)8-14(15)20/h1-4,7-8H,5-6,9H2,(H2,21,22,23). The van der Waals surface area contributed by atoms with E-state index >= 15 is 0 Å². The van der Waals surface area contributed by atoms with Crippen molar-refractivity contribution in [3.05, 3.63) is 63.6 Å². The molecule has 0 amide bonds. The fourth-order valence-electron chi connectivity index (χ4n) is 1.81. The van der Waals surface area contributed by atoms with Crippen molar-refractivity contribution in [3.8, 4) is 0 Å². The molecule has 0 aliphatic heterocycles. The first kappa shape index (κ1) is 19.2. The molecule has 2 rings (SSSR count). The SMILES string of the molecule is Fc1ccc(NC(=S)NCCSCc2ccc(Cl)cc2Cl)c(F)c1. The lowest BCUT2D eigenvalue weighted by Gasteiger charge is -2.11. The van der Waals surface area contributed by atoms with Crippen LogP contribution in [0, 0.1) is 11.6 Å². The van der Waals surface area contributed by atoms with Gasteiger partial charge in [0, 0.05) is 34.2 Å². The summed E-state index contributed by atoms with van der Waals surface area (Å²) in [4.78, 5) is 0. The number of thiocarbonyl (C=S) groups is 1. The van der Waals surface area contributed by atoms with E-state index in [9.17, 15) is 8.78 Å². The van der Waals surface area contributed by atoms with Crippen molar-refractivity contribution < 1.29 is 8.78 Å². The van der Waals surface area contributed by atoms with Crippen molar-refractivity contribution in [2.75, 3.05) is 17.6 Å². The fraction of sp³-hybridized carbons (Fsp3) is 0.188. The third-order valence-corrected chi connectivity index (χ3v) is 4.83. The number of halogens is 4. The number of hydrogen-bond acceptors (Lipinski definition) is 2. The van der Waals surface area contributed by atoms with Crippen LogP contribution in [0.1, 0.15) is 5.56 Å². The van der Waals surface area contributed by atoms with Crippen LogP contribution in [-0.2, 0) is 5.75 Å². The summed E-state index contributed by atoms with van der Waals surface area (Å²) in [5, 5.41) is 7.20. The molecular weight excluding hydrogens is 393 g/mol. The van der Waals surface area contributed by atoms with E-state index in [1.165, 1.54) is 12.1 Å². The molecule has 2 N–H and O–H groups in total. The van der Waals surface area contributed by atoms with E-state index in [4.69, 9.17) is 35.4 Å². The molecule has 0 saturated carbocycles. The first-order valence-corrected chi connectivity index (χ1v) is 9.29. The zero-order valence-corrected chi connectivity index (χ0v) is 15.6. The van der Waals surface area contributed by atoms with E-state index in [2.05, 4.69) is 10.6 Å². The van der Waals surface area contributed by atoms with Gasteiger partial charge in [0.25, 0.3) is 0 Å². The van der Waals surface area contributed by atoms with Crippen LogP contribution < -0.4 is 10.6 Å². The van der Waals surface area contributed by atoms with E-state index in [0.717, 1.165) is 23.1 Å². The van der Waals surface area contributed by atoms with Crippen LogP contribution in [0.15, 0.2) is 36.4 Å². The molecule has 0 saturated heterocycles. The Kier molecular flexibility index (Phi) is 7.55. The highest BCUT2D eigenvalue weighted by Gasteiger charge is 2.05. The summed E-state index contributed by atoms with van der Waals surface area (Å²) in [5.74, 6) is 0.219. The van der Waals surface area contributed by atoms with E-state index in [1.807, 2.05) is 6.07 Å². The summed E-state index contributed by atoms with van der Waals surface area (Å²) in [6.45, 7) is 0.602. The van der Waals surface area contributed by atoms with Crippen molar-refractivity contribution in [1.82, 2.24) is 5.32 Å². The molecule has 0 heterocycles. The largest absolute Gasteiger partial charge is 0.362 e. The molecule has 0 spiro atoms. The first-order chi connectivity index (χ1) is 11.5. The molecule has 0 aliphatic rings. The molecule has 0 atom stereocenters. The van der Waals surface area contributed by atoms with Gasteiger partial charge in [-0.25, -0.2) is 8.78 Å².